The van der Waals surface area contributed by atoms with Gasteiger partial charge >= 0.3 is 0 Å². The molecule has 1 N–H and O–H groups in total. The van der Waals surface area contributed by atoms with Crippen molar-refractivity contribution in [3.63, 3.8) is 0 Å². The summed E-state index contributed by atoms with van der Waals surface area (Å²) in [5, 5.41) is 9.30. The number of fused-ring (bicyclic) bond motifs is 1. The predicted octanol–water partition coefficient (Wildman–Crippen LogP) is 5.13. The lowest BCUT2D eigenvalue weighted by molar-refractivity contribution is 0.0984. The highest BCUT2D eigenvalue weighted by atomic mass is 19.1. The van der Waals surface area contributed by atoms with Gasteiger partial charge in [0.05, 0.1) is 6.61 Å². The average Bonchev–Trinajstić information content (AvgIpc) is 2.66. The second-order valence-electron chi connectivity index (χ2n) is 6.18. The molecule has 2 aromatic carbocycles. The van der Waals surface area contributed by atoms with E-state index in [0.29, 0.717) is 0 Å². The second kappa shape index (κ2) is 7.24. The van der Waals surface area contributed by atoms with Gasteiger partial charge in [0.25, 0.3) is 0 Å². The normalized spacial score (nSPS) is 16.0. The molecule has 0 bridgehead atoms. The van der Waals surface area contributed by atoms with Crippen molar-refractivity contribution in [2.75, 3.05) is 6.61 Å². The third-order valence-corrected chi connectivity index (χ3v) is 4.89. The zero-order chi connectivity index (χ0) is 17.9. The Morgan fingerprint density at radius 2 is 1.72 bits per heavy atom. The van der Waals surface area contributed by atoms with Crippen LogP contribution >= 0.6 is 0 Å². The van der Waals surface area contributed by atoms with E-state index in [1.807, 2.05) is 30.3 Å². The number of aliphatic hydroxyl groups is 1. The molecular weight excluding hydrogens is 315 g/mol. The first-order valence-corrected chi connectivity index (χ1v) is 8.71. The first kappa shape index (κ1) is 17.4. The summed E-state index contributed by atoms with van der Waals surface area (Å²) in [6.07, 6.45) is 5.28. The highest BCUT2D eigenvalue weighted by Crippen LogP contribution is 2.47. The lowest BCUT2D eigenvalue weighted by Gasteiger charge is -2.40. The van der Waals surface area contributed by atoms with Gasteiger partial charge in [0, 0.05) is 11.1 Å². The molecule has 0 radical (unpaired) electrons. The van der Waals surface area contributed by atoms with E-state index >= 15 is 0 Å². The molecule has 1 aliphatic heterocycles. The molecule has 3 rings (SSSR count). The van der Waals surface area contributed by atoms with Crippen molar-refractivity contribution in [2.24, 2.45) is 0 Å². The zero-order valence-electron chi connectivity index (χ0n) is 14.6. The Labute approximate surface area is 148 Å². The van der Waals surface area contributed by atoms with E-state index in [2.05, 4.69) is 13.8 Å². The quantitative estimate of drug-likeness (QED) is 0.819. The van der Waals surface area contributed by atoms with Crippen LogP contribution in [0.5, 0.6) is 5.75 Å². The average molecular weight is 338 g/mol. The number of rotatable bonds is 5. The second-order valence-corrected chi connectivity index (χ2v) is 6.18. The minimum absolute atomic E-state index is 0.0364. The Bertz CT molecular complexity index is 799. The third kappa shape index (κ3) is 3.12. The van der Waals surface area contributed by atoms with Gasteiger partial charge < -0.3 is 9.84 Å². The van der Waals surface area contributed by atoms with Crippen LogP contribution in [0.15, 0.2) is 66.3 Å². The van der Waals surface area contributed by atoms with Crippen LogP contribution < -0.4 is 4.74 Å². The minimum atomic E-state index is -0.469. The van der Waals surface area contributed by atoms with Crippen molar-refractivity contribution in [3.05, 3.63) is 83.2 Å². The number of para-hydroxylation sites is 1. The number of hydrogen-bond acceptors (Lipinski definition) is 2. The molecule has 3 heteroatoms. The summed E-state index contributed by atoms with van der Waals surface area (Å²) in [7, 11) is 0. The summed E-state index contributed by atoms with van der Waals surface area (Å²) in [4.78, 5) is 0. The smallest absolute Gasteiger partial charge is 0.134 e. The maximum atomic E-state index is 13.4. The molecule has 1 heterocycles. The fourth-order valence-corrected chi connectivity index (χ4v) is 3.51. The van der Waals surface area contributed by atoms with Crippen LogP contribution in [0.2, 0.25) is 0 Å². The predicted molar refractivity (Wildman–Crippen MR) is 99.0 cm³/mol. The van der Waals surface area contributed by atoms with Gasteiger partial charge in [-0.1, -0.05) is 56.3 Å². The molecule has 0 saturated carbocycles. The Kier molecular flexibility index (Phi) is 5.05. The number of halogens is 1. The molecule has 2 nitrogen and oxygen atoms in total. The summed E-state index contributed by atoms with van der Waals surface area (Å²) in [6, 6.07) is 14.5. The van der Waals surface area contributed by atoms with E-state index in [9.17, 15) is 9.50 Å². The zero-order valence-corrected chi connectivity index (χ0v) is 14.6. The van der Waals surface area contributed by atoms with Gasteiger partial charge in [-0.25, -0.2) is 4.39 Å². The van der Waals surface area contributed by atoms with Gasteiger partial charge in [-0.15, -0.1) is 0 Å². The molecular formula is C22H23FO2. The molecule has 25 heavy (non-hydrogen) atoms. The maximum absolute atomic E-state index is 13.4. The van der Waals surface area contributed by atoms with Crippen LogP contribution in [0.3, 0.4) is 0 Å². The molecule has 0 amide bonds. The summed E-state index contributed by atoms with van der Waals surface area (Å²) in [6.45, 7) is 4.17. The number of aliphatic hydroxyl groups excluding tert-OH is 1. The van der Waals surface area contributed by atoms with Crippen molar-refractivity contribution in [1.29, 1.82) is 0 Å². The third-order valence-electron chi connectivity index (χ3n) is 4.89. The molecule has 0 spiro atoms. The number of benzene rings is 2. The van der Waals surface area contributed by atoms with Crippen molar-refractivity contribution < 1.29 is 14.2 Å². The van der Waals surface area contributed by atoms with Gasteiger partial charge in [0.2, 0.25) is 0 Å². The van der Waals surface area contributed by atoms with Gasteiger partial charge in [-0.2, -0.15) is 0 Å². The van der Waals surface area contributed by atoms with Crippen LogP contribution in [0, 0.1) is 5.82 Å². The first-order valence-electron chi connectivity index (χ1n) is 8.71. The molecule has 0 fully saturated rings. The minimum Gasteiger partial charge on any atom is -0.482 e. The Balaban J connectivity index is 2.34. The molecule has 130 valence electrons. The number of ether oxygens (including phenoxy) is 1. The maximum Gasteiger partial charge on any atom is 0.134 e. The van der Waals surface area contributed by atoms with E-state index in [0.717, 1.165) is 40.9 Å². The monoisotopic (exact) mass is 338 g/mol. The Morgan fingerprint density at radius 3 is 2.36 bits per heavy atom. The molecule has 2 aromatic rings. The van der Waals surface area contributed by atoms with Gasteiger partial charge in [-0.3, -0.25) is 0 Å². The largest absolute Gasteiger partial charge is 0.482 e. The summed E-state index contributed by atoms with van der Waals surface area (Å²) in [5.41, 5.74) is 3.53. The van der Waals surface area contributed by atoms with Crippen molar-refractivity contribution in [3.8, 4) is 5.75 Å². The summed E-state index contributed by atoms with van der Waals surface area (Å²) >= 11 is 0. The molecule has 0 saturated heterocycles. The van der Waals surface area contributed by atoms with Crippen molar-refractivity contribution in [1.82, 2.24) is 0 Å². The SMILES string of the molecule is CCC1(CC)Oc2ccccc2C(c2ccc(F)cc2)=C1C=CCO. The standard InChI is InChI=1S/C22H23FO2/c1-3-22(4-2)19(9-7-15-24)21(16-11-13-17(23)14-12-16)18-8-5-6-10-20(18)25-22/h5-14,24H,3-4,15H2,1-2H3. The van der Waals surface area contributed by atoms with E-state index < -0.39 is 5.60 Å². The van der Waals surface area contributed by atoms with E-state index in [1.54, 1.807) is 18.2 Å². The molecule has 0 aromatic heterocycles. The van der Waals surface area contributed by atoms with Crippen LogP contribution in [0.1, 0.15) is 37.8 Å². The Hall–Kier alpha value is -2.39. The molecule has 1 aliphatic rings. The fraction of sp³-hybridized carbons (Fsp3) is 0.273. The first-order chi connectivity index (χ1) is 12.1. The summed E-state index contributed by atoms with van der Waals surface area (Å²) in [5.74, 6) is 0.584. The molecule has 0 aliphatic carbocycles. The van der Waals surface area contributed by atoms with Gasteiger partial charge in [0.15, 0.2) is 0 Å². The van der Waals surface area contributed by atoms with Crippen LogP contribution in [-0.2, 0) is 0 Å². The summed E-state index contributed by atoms with van der Waals surface area (Å²) < 4.78 is 19.9. The van der Waals surface area contributed by atoms with Crippen LogP contribution in [-0.4, -0.2) is 17.3 Å². The lowest BCUT2D eigenvalue weighted by Crippen LogP contribution is -2.39. The highest BCUT2D eigenvalue weighted by molar-refractivity contribution is 5.88. The molecule has 0 atom stereocenters. The Morgan fingerprint density at radius 1 is 1.04 bits per heavy atom. The topological polar surface area (TPSA) is 29.5 Å². The van der Waals surface area contributed by atoms with Gasteiger partial charge in [-0.05, 0) is 42.2 Å². The van der Waals surface area contributed by atoms with E-state index in [-0.39, 0.29) is 12.4 Å². The van der Waals surface area contributed by atoms with Gasteiger partial charge in [0.1, 0.15) is 17.2 Å². The van der Waals surface area contributed by atoms with Crippen LogP contribution in [0.4, 0.5) is 4.39 Å². The fourth-order valence-electron chi connectivity index (χ4n) is 3.51. The van der Waals surface area contributed by atoms with E-state index in [4.69, 9.17) is 4.74 Å². The van der Waals surface area contributed by atoms with Crippen molar-refractivity contribution >= 4 is 5.57 Å². The highest BCUT2D eigenvalue weighted by Gasteiger charge is 2.39. The lowest BCUT2D eigenvalue weighted by atomic mass is 9.78. The number of hydrogen-bond donors (Lipinski definition) is 1. The van der Waals surface area contributed by atoms with E-state index in [1.165, 1.54) is 12.1 Å². The van der Waals surface area contributed by atoms with Crippen molar-refractivity contribution in [2.45, 2.75) is 32.3 Å². The molecule has 0 unspecified atom stereocenters. The van der Waals surface area contributed by atoms with Crippen LogP contribution in [0.25, 0.3) is 5.57 Å².